The van der Waals surface area contributed by atoms with Gasteiger partial charge < -0.3 is 5.32 Å². The molecule has 1 N–H and O–H groups in total. The minimum Gasteiger partial charge on any atom is -0.308 e. The van der Waals surface area contributed by atoms with E-state index in [1.807, 2.05) is 0 Å². The van der Waals surface area contributed by atoms with Crippen molar-refractivity contribution in [3.8, 4) is 0 Å². The smallest absolute Gasteiger partial charge is 0.260 e. The molecule has 0 bridgehead atoms. The van der Waals surface area contributed by atoms with E-state index in [2.05, 4.69) is 17.9 Å². The van der Waals surface area contributed by atoms with E-state index >= 15 is 0 Å². The van der Waals surface area contributed by atoms with Crippen LogP contribution in [0.5, 0.6) is 0 Å². The molecule has 0 aromatic rings. The van der Waals surface area contributed by atoms with Crippen molar-refractivity contribution < 1.29 is 8.78 Å². The van der Waals surface area contributed by atoms with E-state index in [1.165, 1.54) is 0 Å². The van der Waals surface area contributed by atoms with Crippen LogP contribution in [0, 0.1) is 0 Å². The van der Waals surface area contributed by atoms with Gasteiger partial charge in [0, 0.05) is 18.2 Å². The SMILES string of the molecule is FC1(F)CCC(CS)NC1. The molecule has 0 aliphatic carbocycles. The van der Waals surface area contributed by atoms with Crippen LogP contribution in [0.25, 0.3) is 0 Å². The van der Waals surface area contributed by atoms with Crippen LogP contribution in [0.15, 0.2) is 0 Å². The van der Waals surface area contributed by atoms with E-state index < -0.39 is 5.92 Å². The minimum absolute atomic E-state index is 0.00519. The summed E-state index contributed by atoms with van der Waals surface area (Å²) < 4.78 is 24.9. The average molecular weight is 167 g/mol. The fraction of sp³-hybridized carbons (Fsp3) is 1.00. The summed E-state index contributed by atoms with van der Waals surface area (Å²) >= 11 is 4.01. The lowest BCUT2D eigenvalue weighted by Crippen LogP contribution is -2.46. The Balaban J connectivity index is 2.31. The molecule has 4 heteroatoms. The van der Waals surface area contributed by atoms with Gasteiger partial charge in [0.05, 0.1) is 6.54 Å². The number of halogens is 2. The maximum absolute atomic E-state index is 12.4. The highest BCUT2D eigenvalue weighted by molar-refractivity contribution is 7.80. The van der Waals surface area contributed by atoms with Crippen molar-refractivity contribution in [2.75, 3.05) is 12.3 Å². The van der Waals surface area contributed by atoms with Crippen molar-refractivity contribution in [1.82, 2.24) is 5.32 Å². The van der Waals surface area contributed by atoms with Gasteiger partial charge in [-0.3, -0.25) is 0 Å². The van der Waals surface area contributed by atoms with E-state index in [0.717, 1.165) is 0 Å². The lowest BCUT2D eigenvalue weighted by molar-refractivity contribution is -0.0280. The third-order valence-electron chi connectivity index (χ3n) is 1.73. The highest BCUT2D eigenvalue weighted by Crippen LogP contribution is 2.24. The molecule has 60 valence electrons. The van der Waals surface area contributed by atoms with Gasteiger partial charge in [0.15, 0.2) is 0 Å². The van der Waals surface area contributed by atoms with Crippen LogP contribution in [0.4, 0.5) is 8.78 Å². The van der Waals surface area contributed by atoms with Gasteiger partial charge >= 0.3 is 0 Å². The van der Waals surface area contributed by atoms with Crippen LogP contribution in [-0.2, 0) is 0 Å². The van der Waals surface area contributed by atoms with Crippen LogP contribution < -0.4 is 5.32 Å². The molecule has 1 nitrogen and oxygen atoms in total. The summed E-state index contributed by atoms with van der Waals surface area (Å²) in [5, 5.41) is 2.73. The zero-order valence-electron chi connectivity index (χ0n) is 5.61. The number of alkyl halides is 2. The third-order valence-corrected chi connectivity index (χ3v) is 2.17. The molecule has 1 aliphatic heterocycles. The van der Waals surface area contributed by atoms with Crippen molar-refractivity contribution in [3.63, 3.8) is 0 Å². The van der Waals surface area contributed by atoms with Crippen molar-refractivity contribution in [2.45, 2.75) is 24.8 Å². The van der Waals surface area contributed by atoms with Crippen LogP contribution in [0.2, 0.25) is 0 Å². The molecule has 0 aromatic carbocycles. The number of piperidine rings is 1. The molecular formula is C6H11F2NS. The predicted molar refractivity (Wildman–Crippen MR) is 39.8 cm³/mol. The lowest BCUT2D eigenvalue weighted by Gasteiger charge is -2.28. The number of thiol groups is 1. The van der Waals surface area contributed by atoms with Crippen LogP contribution in [-0.4, -0.2) is 24.3 Å². The Labute approximate surface area is 64.6 Å². The zero-order chi connectivity index (χ0) is 7.61. The first kappa shape index (κ1) is 8.27. The Morgan fingerprint density at radius 2 is 2.30 bits per heavy atom. The molecule has 1 heterocycles. The summed E-state index contributed by atoms with van der Waals surface area (Å²) in [6.07, 6.45) is 0.543. The van der Waals surface area contributed by atoms with Gasteiger partial charge in [0.1, 0.15) is 0 Å². The number of hydrogen-bond acceptors (Lipinski definition) is 2. The molecule has 0 aromatic heterocycles. The van der Waals surface area contributed by atoms with Crippen molar-refractivity contribution in [2.24, 2.45) is 0 Å². The van der Waals surface area contributed by atoms with E-state index in [-0.39, 0.29) is 19.0 Å². The van der Waals surface area contributed by atoms with Gasteiger partial charge in [-0.25, -0.2) is 8.78 Å². The van der Waals surface area contributed by atoms with E-state index in [4.69, 9.17) is 0 Å². The average Bonchev–Trinajstić information content (AvgIpc) is 1.88. The lowest BCUT2D eigenvalue weighted by atomic mass is 10.0. The van der Waals surface area contributed by atoms with E-state index in [1.54, 1.807) is 0 Å². The largest absolute Gasteiger partial charge is 0.308 e. The molecule has 0 spiro atoms. The third kappa shape index (κ3) is 2.09. The Bertz CT molecular complexity index is 108. The standard InChI is InChI=1S/C6H11F2NS/c7-6(8)2-1-5(3-10)9-4-6/h5,9-10H,1-4H2. The van der Waals surface area contributed by atoms with Gasteiger partial charge in [-0.15, -0.1) is 0 Å². The summed E-state index contributed by atoms with van der Waals surface area (Å²) in [6, 6.07) is 0.183. The first-order chi connectivity index (χ1) is 4.64. The zero-order valence-corrected chi connectivity index (χ0v) is 6.50. The van der Waals surface area contributed by atoms with Gasteiger partial charge in [-0.2, -0.15) is 12.6 Å². The molecule has 1 fully saturated rings. The molecule has 0 saturated carbocycles. The second kappa shape index (κ2) is 3.05. The number of nitrogens with one attached hydrogen (secondary N) is 1. The van der Waals surface area contributed by atoms with Gasteiger partial charge in [0.25, 0.3) is 5.92 Å². The van der Waals surface area contributed by atoms with Crippen molar-refractivity contribution in [1.29, 1.82) is 0 Å². The Kier molecular flexibility index (Phi) is 2.52. The number of hydrogen-bond donors (Lipinski definition) is 2. The normalized spacial score (nSPS) is 32.1. The van der Waals surface area contributed by atoms with E-state index in [9.17, 15) is 8.78 Å². The Hall–Kier alpha value is 0.170. The van der Waals surface area contributed by atoms with Crippen molar-refractivity contribution >= 4 is 12.6 Å². The van der Waals surface area contributed by atoms with E-state index in [0.29, 0.717) is 12.2 Å². The molecule has 0 radical (unpaired) electrons. The quantitative estimate of drug-likeness (QED) is 0.561. The second-order valence-electron chi connectivity index (χ2n) is 2.66. The van der Waals surface area contributed by atoms with Crippen molar-refractivity contribution in [3.05, 3.63) is 0 Å². The van der Waals surface area contributed by atoms with Crippen LogP contribution in [0.1, 0.15) is 12.8 Å². The summed E-state index contributed by atoms with van der Waals surface area (Å²) in [4.78, 5) is 0. The molecule has 0 amide bonds. The molecule has 1 unspecified atom stereocenters. The molecular weight excluding hydrogens is 156 g/mol. The van der Waals surface area contributed by atoms with Gasteiger partial charge in [-0.05, 0) is 6.42 Å². The molecule has 1 rings (SSSR count). The monoisotopic (exact) mass is 167 g/mol. The maximum Gasteiger partial charge on any atom is 0.260 e. The first-order valence-electron chi connectivity index (χ1n) is 3.36. The summed E-state index contributed by atoms with van der Waals surface area (Å²) in [5.74, 6) is -1.84. The molecule has 1 atom stereocenters. The maximum atomic E-state index is 12.4. The highest BCUT2D eigenvalue weighted by Gasteiger charge is 2.33. The fourth-order valence-corrected chi connectivity index (χ4v) is 1.34. The fourth-order valence-electron chi connectivity index (χ4n) is 1.03. The molecule has 1 aliphatic rings. The van der Waals surface area contributed by atoms with Crippen LogP contribution >= 0.6 is 12.6 Å². The second-order valence-corrected chi connectivity index (χ2v) is 3.02. The Morgan fingerprint density at radius 1 is 1.60 bits per heavy atom. The summed E-state index contributed by atoms with van der Waals surface area (Å²) in [7, 11) is 0. The summed E-state index contributed by atoms with van der Waals surface area (Å²) in [5.41, 5.74) is 0. The number of rotatable bonds is 1. The van der Waals surface area contributed by atoms with Gasteiger partial charge in [0.2, 0.25) is 0 Å². The topological polar surface area (TPSA) is 12.0 Å². The minimum atomic E-state index is -2.49. The molecule has 1 saturated heterocycles. The van der Waals surface area contributed by atoms with Gasteiger partial charge in [-0.1, -0.05) is 0 Å². The molecule has 10 heavy (non-hydrogen) atoms. The Morgan fingerprint density at radius 3 is 2.70 bits per heavy atom. The summed E-state index contributed by atoms with van der Waals surface area (Å²) in [6.45, 7) is -0.182. The highest BCUT2D eigenvalue weighted by atomic mass is 32.1. The first-order valence-corrected chi connectivity index (χ1v) is 3.99. The predicted octanol–water partition coefficient (Wildman–Crippen LogP) is 1.30. The van der Waals surface area contributed by atoms with Crippen LogP contribution in [0.3, 0.4) is 0 Å².